The minimum absolute atomic E-state index is 0.825. The minimum atomic E-state index is -1.01. The number of alkyl halides is 1. The van der Waals surface area contributed by atoms with E-state index in [0.717, 1.165) is 5.88 Å². The highest BCUT2D eigenvalue weighted by molar-refractivity contribution is 6.95. The van der Waals surface area contributed by atoms with E-state index in [0.29, 0.717) is 0 Å². The van der Waals surface area contributed by atoms with Crippen molar-refractivity contribution in [1.82, 2.24) is 4.23 Å². The van der Waals surface area contributed by atoms with Gasteiger partial charge >= 0.3 is 0 Å². The molecule has 0 aliphatic carbocycles. The third-order valence-electron chi connectivity index (χ3n) is 3.33. The lowest BCUT2D eigenvalue weighted by Crippen LogP contribution is -2.55. The Morgan fingerprint density at radius 3 is 1.92 bits per heavy atom. The first-order valence-corrected chi connectivity index (χ1v) is 12.1. The second kappa shape index (κ2) is 4.05. The van der Waals surface area contributed by atoms with Gasteiger partial charge in [0.15, 0.2) is 0 Å². The molecule has 0 atom stereocenters. The Morgan fingerprint density at radius 1 is 1.08 bits per heavy atom. The standard InChI is InChI=1S/C9H22ClNSi2/c1-12(2)8-9-13(3,4)11(12)7-5-6-10/h5-9H2,1-4H3. The molecule has 0 radical (unpaired) electrons. The second-order valence-electron chi connectivity index (χ2n) is 5.32. The summed E-state index contributed by atoms with van der Waals surface area (Å²) >= 11 is 5.77. The van der Waals surface area contributed by atoms with Gasteiger partial charge in [-0.1, -0.05) is 26.2 Å². The molecule has 13 heavy (non-hydrogen) atoms. The quantitative estimate of drug-likeness (QED) is 0.536. The van der Waals surface area contributed by atoms with Crippen LogP contribution in [-0.4, -0.2) is 33.1 Å². The molecular formula is C9H22ClNSi2. The van der Waals surface area contributed by atoms with Gasteiger partial charge in [-0.15, -0.1) is 11.6 Å². The smallest absolute Gasteiger partial charge is 0.115 e. The average molecular weight is 236 g/mol. The first-order chi connectivity index (χ1) is 5.90. The number of hydrogen-bond acceptors (Lipinski definition) is 1. The zero-order valence-electron chi connectivity index (χ0n) is 9.36. The van der Waals surface area contributed by atoms with E-state index in [-0.39, 0.29) is 0 Å². The molecule has 1 fully saturated rings. The van der Waals surface area contributed by atoms with E-state index in [9.17, 15) is 0 Å². The molecule has 1 aliphatic heterocycles. The molecule has 0 aromatic heterocycles. The van der Waals surface area contributed by atoms with E-state index in [2.05, 4.69) is 30.4 Å². The van der Waals surface area contributed by atoms with Gasteiger partial charge in [-0.25, -0.2) is 0 Å². The van der Waals surface area contributed by atoms with E-state index in [1.54, 1.807) is 0 Å². The van der Waals surface area contributed by atoms with Crippen molar-refractivity contribution in [3.8, 4) is 0 Å². The van der Waals surface area contributed by atoms with Crippen LogP contribution < -0.4 is 0 Å². The zero-order chi connectivity index (χ0) is 10.1. The predicted molar refractivity (Wildman–Crippen MR) is 66.6 cm³/mol. The van der Waals surface area contributed by atoms with Crippen LogP contribution in [0.15, 0.2) is 0 Å². The summed E-state index contributed by atoms with van der Waals surface area (Å²) in [5.41, 5.74) is 0. The third-order valence-corrected chi connectivity index (χ3v) is 14.0. The first kappa shape index (κ1) is 11.8. The van der Waals surface area contributed by atoms with E-state index < -0.39 is 16.5 Å². The summed E-state index contributed by atoms with van der Waals surface area (Å²) < 4.78 is 2.89. The summed E-state index contributed by atoms with van der Waals surface area (Å²) in [6, 6.07) is 3.02. The minimum Gasteiger partial charge on any atom is -0.345 e. The molecule has 0 unspecified atom stereocenters. The molecule has 1 rings (SSSR count). The van der Waals surface area contributed by atoms with Crippen molar-refractivity contribution in [3.05, 3.63) is 0 Å². The Morgan fingerprint density at radius 2 is 1.54 bits per heavy atom. The maximum atomic E-state index is 5.77. The SMILES string of the molecule is C[Si]1(C)CC[Si](C)(C)N1CCCCl. The van der Waals surface area contributed by atoms with E-state index in [1.165, 1.54) is 25.1 Å². The van der Waals surface area contributed by atoms with Gasteiger partial charge in [0.2, 0.25) is 0 Å². The molecule has 1 nitrogen and oxygen atoms in total. The molecule has 78 valence electrons. The van der Waals surface area contributed by atoms with Crippen molar-refractivity contribution in [2.45, 2.75) is 44.7 Å². The Labute approximate surface area is 89.6 Å². The van der Waals surface area contributed by atoms with Crippen LogP contribution in [-0.2, 0) is 0 Å². The summed E-state index contributed by atoms with van der Waals surface area (Å²) in [5.74, 6) is 0.825. The summed E-state index contributed by atoms with van der Waals surface area (Å²) in [7, 11) is -2.01. The summed E-state index contributed by atoms with van der Waals surface area (Å²) in [6.07, 6.45) is 1.18. The van der Waals surface area contributed by atoms with E-state index in [1.807, 2.05) is 0 Å². The van der Waals surface area contributed by atoms with Crippen LogP contribution in [0.1, 0.15) is 6.42 Å². The molecule has 0 N–H and O–H groups in total. The molecule has 1 heterocycles. The monoisotopic (exact) mass is 235 g/mol. The van der Waals surface area contributed by atoms with Crippen LogP contribution in [0, 0.1) is 0 Å². The van der Waals surface area contributed by atoms with Gasteiger partial charge in [0.05, 0.1) is 0 Å². The maximum Gasteiger partial charge on any atom is 0.115 e. The topological polar surface area (TPSA) is 3.24 Å². The summed E-state index contributed by atoms with van der Waals surface area (Å²) in [5, 5.41) is 0. The van der Waals surface area contributed by atoms with Gasteiger partial charge in [-0.05, 0) is 25.1 Å². The largest absolute Gasteiger partial charge is 0.345 e. The van der Waals surface area contributed by atoms with Crippen LogP contribution in [0.3, 0.4) is 0 Å². The highest BCUT2D eigenvalue weighted by atomic mass is 35.5. The molecule has 4 heteroatoms. The van der Waals surface area contributed by atoms with Crippen LogP contribution in [0.2, 0.25) is 38.3 Å². The fourth-order valence-corrected chi connectivity index (χ4v) is 16.8. The van der Waals surface area contributed by atoms with Crippen LogP contribution in [0.25, 0.3) is 0 Å². The number of hydrogen-bond donors (Lipinski definition) is 0. The van der Waals surface area contributed by atoms with Gasteiger partial charge < -0.3 is 4.23 Å². The molecule has 0 bridgehead atoms. The number of rotatable bonds is 3. The van der Waals surface area contributed by atoms with Crippen molar-refractivity contribution in [1.29, 1.82) is 0 Å². The highest BCUT2D eigenvalue weighted by Gasteiger charge is 2.46. The van der Waals surface area contributed by atoms with Crippen molar-refractivity contribution in [2.75, 3.05) is 12.4 Å². The Kier molecular flexibility index (Phi) is 3.66. The van der Waals surface area contributed by atoms with Crippen molar-refractivity contribution >= 4 is 28.1 Å². The van der Waals surface area contributed by atoms with E-state index >= 15 is 0 Å². The first-order valence-electron chi connectivity index (χ1n) is 5.24. The third kappa shape index (κ3) is 2.58. The van der Waals surface area contributed by atoms with Crippen LogP contribution in [0.4, 0.5) is 0 Å². The Balaban J connectivity index is 2.64. The van der Waals surface area contributed by atoms with Gasteiger partial charge in [0.1, 0.15) is 16.5 Å². The average Bonchev–Trinajstić information content (AvgIpc) is 2.20. The maximum absolute atomic E-state index is 5.77. The van der Waals surface area contributed by atoms with Crippen molar-refractivity contribution in [2.24, 2.45) is 0 Å². The number of nitrogens with zero attached hydrogens (tertiary/aromatic N) is 1. The predicted octanol–water partition coefficient (Wildman–Crippen LogP) is 3.34. The van der Waals surface area contributed by atoms with Gasteiger partial charge in [0.25, 0.3) is 0 Å². The van der Waals surface area contributed by atoms with Crippen molar-refractivity contribution < 1.29 is 0 Å². The normalized spacial score (nSPS) is 26.5. The molecule has 0 aromatic carbocycles. The Bertz CT molecular complexity index is 166. The molecule has 0 aromatic rings. The molecule has 0 spiro atoms. The molecule has 0 saturated carbocycles. The molecule has 1 aliphatic rings. The number of halogens is 1. The molecular weight excluding hydrogens is 214 g/mol. The molecule has 1 saturated heterocycles. The molecule has 0 amide bonds. The van der Waals surface area contributed by atoms with Gasteiger partial charge in [-0.3, -0.25) is 0 Å². The van der Waals surface area contributed by atoms with Gasteiger partial charge in [0, 0.05) is 5.88 Å². The fourth-order valence-electron chi connectivity index (χ4n) is 2.52. The lowest BCUT2D eigenvalue weighted by Gasteiger charge is -2.38. The van der Waals surface area contributed by atoms with Crippen LogP contribution >= 0.6 is 11.6 Å². The van der Waals surface area contributed by atoms with E-state index in [4.69, 9.17) is 11.6 Å². The Hall–Kier alpha value is 0.684. The summed E-state index contributed by atoms with van der Waals surface area (Å²) in [4.78, 5) is 0. The fraction of sp³-hybridized carbons (Fsp3) is 1.00. The van der Waals surface area contributed by atoms with Crippen molar-refractivity contribution in [3.63, 3.8) is 0 Å². The summed E-state index contributed by atoms with van der Waals surface area (Å²) in [6.45, 7) is 11.3. The lowest BCUT2D eigenvalue weighted by atomic mass is 10.5. The highest BCUT2D eigenvalue weighted by Crippen LogP contribution is 2.36. The second-order valence-corrected chi connectivity index (χ2v) is 15.5. The van der Waals surface area contributed by atoms with Crippen LogP contribution in [0.5, 0.6) is 0 Å². The zero-order valence-corrected chi connectivity index (χ0v) is 12.1. The van der Waals surface area contributed by atoms with Gasteiger partial charge in [-0.2, -0.15) is 0 Å². The lowest BCUT2D eigenvalue weighted by molar-refractivity contribution is 0.614.